The van der Waals surface area contributed by atoms with Gasteiger partial charge in [0.2, 0.25) is 0 Å². The van der Waals surface area contributed by atoms with Crippen LogP contribution in [0.4, 0.5) is 0 Å². The van der Waals surface area contributed by atoms with E-state index in [0.717, 1.165) is 0 Å². The predicted molar refractivity (Wildman–Crippen MR) is 66.7 cm³/mol. The van der Waals surface area contributed by atoms with Crippen LogP contribution in [0.2, 0.25) is 0 Å². The van der Waals surface area contributed by atoms with Crippen molar-refractivity contribution in [2.24, 2.45) is 0 Å². The summed E-state index contributed by atoms with van der Waals surface area (Å²) in [6, 6.07) is 6.38. The molecule has 0 aliphatic heterocycles. The number of benzene rings is 1. The molecule has 90 valence electrons. The highest BCUT2D eigenvalue weighted by molar-refractivity contribution is 5.29. The number of aliphatic hydroxyl groups is 1. The Morgan fingerprint density at radius 2 is 1.75 bits per heavy atom. The van der Waals surface area contributed by atoms with E-state index in [0.29, 0.717) is 13.0 Å². The van der Waals surface area contributed by atoms with E-state index in [4.69, 9.17) is 4.74 Å². The minimum atomic E-state index is -0.429. The molecule has 0 amide bonds. The van der Waals surface area contributed by atoms with Crippen molar-refractivity contribution in [3.8, 4) is 0 Å². The van der Waals surface area contributed by atoms with Gasteiger partial charge in [-0.25, -0.2) is 0 Å². The van der Waals surface area contributed by atoms with Crippen molar-refractivity contribution in [2.45, 2.75) is 46.3 Å². The van der Waals surface area contributed by atoms with Crippen LogP contribution in [0, 0.1) is 13.8 Å². The summed E-state index contributed by atoms with van der Waals surface area (Å²) in [4.78, 5) is 0. The van der Waals surface area contributed by atoms with Crippen LogP contribution in [0.1, 0.15) is 30.5 Å². The van der Waals surface area contributed by atoms with Gasteiger partial charge in [-0.15, -0.1) is 0 Å². The first kappa shape index (κ1) is 13.2. The van der Waals surface area contributed by atoms with Crippen molar-refractivity contribution >= 4 is 0 Å². The van der Waals surface area contributed by atoms with Gasteiger partial charge in [-0.3, -0.25) is 0 Å². The third kappa shape index (κ3) is 3.95. The molecule has 0 aliphatic carbocycles. The lowest BCUT2D eigenvalue weighted by Crippen LogP contribution is -2.28. The summed E-state index contributed by atoms with van der Waals surface area (Å²) in [6.07, 6.45) is 0.121. The zero-order valence-electron chi connectivity index (χ0n) is 10.7. The summed E-state index contributed by atoms with van der Waals surface area (Å²) in [5.74, 6) is 0. The maximum atomic E-state index is 9.96. The van der Waals surface area contributed by atoms with E-state index >= 15 is 0 Å². The Hall–Kier alpha value is -0.860. The lowest BCUT2D eigenvalue weighted by molar-refractivity contribution is -0.0208. The molecule has 1 aromatic carbocycles. The Morgan fingerprint density at radius 1 is 1.19 bits per heavy atom. The van der Waals surface area contributed by atoms with Crippen LogP contribution in [0.5, 0.6) is 0 Å². The van der Waals surface area contributed by atoms with Gasteiger partial charge in [0, 0.05) is 13.0 Å². The van der Waals surface area contributed by atoms with E-state index in [1.807, 2.05) is 13.8 Å². The van der Waals surface area contributed by atoms with E-state index in [-0.39, 0.29) is 6.10 Å². The van der Waals surface area contributed by atoms with Gasteiger partial charge < -0.3 is 9.84 Å². The zero-order chi connectivity index (χ0) is 12.1. The van der Waals surface area contributed by atoms with E-state index < -0.39 is 6.10 Å². The van der Waals surface area contributed by atoms with Crippen molar-refractivity contribution in [1.82, 2.24) is 0 Å². The molecule has 16 heavy (non-hydrogen) atoms. The number of rotatable bonds is 5. The van der Waals surface area contributed by atoms with Crippen LogP contribution in [0.3, 0.4) is 0 Å². The normalized spacial score (nSPS) is 14.8. The lowest BCUT2D eigenvalue weighted by Gasteiger charge is -2.19. The first-order valence-corrected chi connectivity index (χ1v) is 5.89. The fourth-order valence-electron chi connectivity index (χ4n) is 1.97. The summed E-state index contributed by atoms with van der Waals surface area (Å²) in [6.45, 7) is 8.66. The van der Waals surface area contributed by atoms with Gasteiger partial charge in [0.1, 0.15) is 0 Å². The molecule has 2 unspecified atom stereocenters. The van der Waals surface area contributed by atoms with E-state index in [2.05, 4.69) is 32.0 Å². The predicted octanol–water partition coefficient (Wildman–Crippen LogP) is 2.63. The Morgan fingerprint density at radius 3 is 2.25 bits per heavy atom. The molecule has 2 heteroatoms. The van der Waals surface area contributed by atoms with Gasteiger partial charge in [0.15, 0.2) is 0 Å². The molecule has 0 spiro atoms. The number of ether oxygens (including phenoxy) is 1. The quantitative estimate of drug-likeness (QED) is 0.830. The SMILES string of the molecule is CCOC(C)C(O)Cc1cc(C)cc(C)c1. The molecule has 0 radical (unpaired) electrons. The summed E-state index contributed by atoms with van der Waals surface area (Å²) >= 11 is 0. The zero-order valence-corrected chi connectivity index (χ0v) is 10.7. The summed E-state index contributed by atoms with van der Waals surface area (Å²) in [5, 5.41) is 9.96. The molecule has 2 nitrogen and oxygen atoms in total. The minimum absolute atomic E-state index is 0.106. The van der Waals surface area contributed by atoms with Crippen LogP contribution >= 0.6 is 0 Å². The molecule has 1 N–H and O–H groups in total. The molecule has 0 saturated carbocycles. The third-order valence-electron chi connectivity index (χ3n) is 2.70. The number of hydrogen-bond donors (Lipinski definition) is 1. The second-order valence-corrected chi connectivity index (χ2v) is 4.43. The smallest absolute Gasteiger partial charge is 0.0839 e. The minimum Gasteiger partial charge on any atom is -0.390 e. The highest BCUT2D eigenvalue weighted by Crippen LogP contribution is 2.13. The van der Waals surface area contributed by atoms with Gasteiger partial charge in [0.25, 0.3) is 0 Å². The number of aliphatic hydroxyl groups excluding tert-OH is 1. The first-order valence-electron chi connectivity index (χ1n) is 5.89. The fourth-order valence-corrected chi connectivity index (χ4v) is 1.97. The maximum Gasteiger partial charge on any atom is 0.0839 e. The Balaban J connectivity index is 2.65. The molecule has 0 aromatic heterocycles. The molecule has 1 rings (SSSR count). The molecule has 0 bridgehead atoms. The van der Waals surface area contributed by atoms with Crippen molar-refractivity contribution < 1.29 is 9.84 Å². The van der Waals surface area contributed by atoms with Gasteiger partial charge >= 0.3 is 0 Å². The van der Waals surface area contributed by atoms with Crippen molar-refractivity contribution in [3.63, 3.8) is 0 Å². The highest BCUT2D eigenvalue weighted by atomic mass is 16.5. The van der Waals surface area contributed by atoms with Crippen molar-refractivity contribution in [1.29, 1.82) is 0 Å². The second kappa shape index (κ2) is 6.02. The Bertz CT molecular complexity index is 313. The van der Waals surface area contributed by atoms with E-state index in [9.17, 15) is 5.11 Å². The number of aryl methyl sites for hydroxylation is 2. The third-order valence-corrected chi connectivity index (χ3v) is 2.70. The average molecular weight is 222 g/mol. The van der Waals surface area contributed by atoms with Crippen LogP contribution in [-0.2, 0) is 11.2 Å². The van der Waals surface area contributed by atoms with Crippen LogP contribution < -0.4 is 0 Å². The number of hydrogen-bond acceptors (Lipinski definition) is 2. The Labute approximate surface area is 98.3 Å². The monoisotopic (exact) mass is 222 g/mol. The van der Waals surface area contributed by atoms with Crippen LogP contribution in [0.15, 0.2) is 18.2 Å². The molecule has 0 aliphatic rings. The first-order chi connectivity index (χ1) is 7.52. The van der Waals surface area contributed by atoms with E-state index in [1.165, 1.54) is 16.7 Å². The second-order valence-electron chi connectivity index (χ2n) is 4.43. The standard InChI is InChI=1S/C14H22O2/c1-5-16-12(4)14(15)9-13-7-10(2)6-11(3)8-13/h6-8,12,14-15H,5,9H2,1-4H3. The summed E-state index contributed by atoms with van der Waals surface area (Å²) < 4.78 is 5.39. The van der Waals surface area contributed by atoms with Crippen molar-refractivity contribution in [3.05, 3.63) is 34.9 Å². The molecular formula is C14H22O2. The average Bonchev–Trinajstić information content (AvgIpc) is 2.16. The summed E-state index contributed by atoms with van der Waals surface area (Å²) in [5.41, 5.74) is 3.66. The summed E-state index contributed by atoms with van der Waals surface area (Å²) in [7, 11) is 0. The van der Waals surface area contributed by atoms with Crippen molar-refractivity contribution in [2.75, 3.05) is 6.61 Å². The molecule has 2 atom stereocenters. The van der Waals surface area contributed by atoms with Gasteiger partial charge in [-0.2, -0.15) is 0 Å². The molecular weight excluding hydrogens is 200 g/mol. The van der Waals surface area contributed by atoms with E-state index in [1.54, 1.807) is 0 Å². The topological polar surface area (TPSA) is 29.5 Å². The Kier molecular flexibility index (Phi) is 4.97. The highest BCUT2D eigenvalue weighted by Gasteiger charge is 2.14. The molecule has 0 fully saturated rings. The molecule has 1 aromatic rings. The largest absolute Gasteiger partial charge is 0.390 e. The molecule has 0 heterocycles. The van der Waals surface area contributed by atoms with Gasteiger partial charge in [-0.05, 0) is 33.3 Å². The van der Waals surface area contributed by atoms with Crippen LogP contribution in [-0.4, -0.2) is 23.9 Å². The fraction of sp³-hybridized carbons (Fsp3) is 0.571. The van der Waals surface area contributed by atoms with Crippen LogP contribution in [0.25, 0.3) is 0 Å². The molecule has 0 saturated heterocycles. The van der Waals surface area contributed by atoms with Gasteiger partial charge in [0.05, 0.1) is 12.2 Å². The lowest BCUT2D eigenvalue weighted by atomic mass is 10.0. The van der Waals surface area contributed by atoms with Gasteiger partial charge in [-0.1, -0.05) is 29.3 Å². The maximum absolute atomic E-state index is 9.96.